The van der Waals surface area contributed by atoms with Crippen molar-refractivity contribution < 1.29 is 32.9 Å². The smallest absolute Gasteiger partial charge is 0.351 e. The molecule has 2 saturated heterocycles. The number of esters is 1. The third-order valence-corrected chi connectivity index (χ3v) is 5.23. The van der Waals surface area contributed by atoms with E-state index in [2.05, 4.69) is 0 Å². The molecule has 4 aliphatic rings. The van der Waals surface area contributed by atoms with Crippen molar-refractivity contribution in [1.82, 2.24) is 0 Å². The lowest BCUT2D eigenvalue weighted by molar-refractivity contribution is -0.109. The Morgan fingerprint density at radius 2 is 2.08 bits per heavy atom. The molecule has 8 heteroatoms. The van der Waals surface area contributed by atoms with Crippen LogP contribution in [0.3, 0.4) is 0 Å². The minimum Gasteiger partial charge on any atom is -0.496 e. The molecular weight excluding hydrogens is 332 g/mol. The molecule has 8 nitrogen and oxygen atoms in total. The van der Waals surface area contributed by atoms with Crippen LogP contribution >= 0.6 is 0 Å². The first-order valence-corrected chi connectivity index (χ1v) is 8.02. The molecule has 0 radical (unpaired) electrons. The highest BCUT2D eigenvalue weighted by Crippen LogP contribution is 2.57. The van der Waals surface area contributed by atoms with Crippen molar-refractivity contribution in [2.45, 2.75) is 31.0 Å². The normalized spacial score (nSPS) is 30.8. The van der Waals surface area contributed by atoms with Crippen molar-refractivity contribution in [3.63, 3.8) is 0 Å². The van der Waals surface area contributed by atoms with Gasteiger partial charge in [-0.2, -0.15) is 0 Å². The number of epoxide rings is 1. The van der Waals surface area contributed by atoms with E-state index < -0.39 is 17.9 Å². The number of cyclic esters (lactones) is 1. The number of methoxy groups -OCH3 is 1. The van der Waals surface area contributed by atoms with Crippen molar-refractivity contribution in [2.24, 2.45) is 0 Å². The van der Waals surface area contributed by atoms with Crippen molar-refractivity contribution in [1.29, 1.82) is 0 Å². The Bertz CT molecular complexity index is 1020. The molecule has 0 amide bonds. The zero-order chi connectivity index (χ0) is 16.9. The largest absolute Gasteiger partial charge is 0.496 e. The molecule has 0 spiro atoms. The predicted octanol–water partition coefficient (Wildman–Crippen LogP) is 1.07. The van der Waals surface area contributed by atoms with Crippen LogP contribution in [0.4, 0.5) is 0 Å². The molecule has 128 valence electrons. The van der Waals surface area contributed by atoms with E-state index in [0.29, 0.717) is 34.5 Å². The summed E-state index contributed by atoms with van der Waals surface area (Å²) in [7, 11) is 1.52. The Kier molecular flexibility index (Phi) is 2.37. The SMILES string of the molecule is COc1cc2c(c3oc(=O)c4c(c13)CCOC4=O)[C@@H]1C3O[C@H]3O[C@@H]1O2. The summed E-state index contributed by atoms with van der Waals surface area (Å²) < 4.78 is 33.0. The van der Waals surface area contributed by atoms with E-state index >= 15 is 0 Å². The molecule has 4 atom stereocenters. The van der Waals surface area contributed by atoms with Gasteiger partial charge < -0.3 is 28.1 Å². The summed E-state index contributed by atoms with van der Waals surface area (Å²) in [5.41, 5.74) is 0.941. The Morgan fingerprint density at radius 1 is 1.20 bits per heavy atom. The number of carbonyl (C=O) groups excluding carboxylic acids is 1. The lowest BCUT2D eigenvalue weighted by atomic mass is 9.92. The van der Waals surface area contributed by atoms with Gasteiger partial charge in [-0.05, 0) is 5.56 Å². The van der Waals surface area contributed by atoms with Gasteiger partial charge in [0, 0.05) is 12.5 Å². The number of benzene rings is 1. The van der Waals surface area contributed by atoms with Crippen molar-refractivity contribution in [3.05, 3.63) is 33.2 Å². The maximum absolute atomic E-state index is 12.5. The van der Waals surface area contributed by atoms with Gasteiger partial charge in [0.2, 0.25) is 6.29 Å². The topological polar surface area (TPSA) is 96.7 Å². The standard InChI is InChI=1S/C17H12O8/c1-20-6-4-7-10(11-13-17(24-13)25-16(11)22-7)12-8(6)5-2-3-21-14(18)9(5)15(19)23-12/h4,11,13,16-17H,2-3H2,1H3/t11-,13?,16+,17+/m1/s1. The van der Waals surface area contributed by atoms with Gasteiger partial charge in [0.1, 0.15) is 28.7 Å². The lowest BCUT2D eigenvalue weighted by Crippen LogP contribution is -2.26. The van der Waals surface area contributed by atoms with Gasteiger partial charge >= 0.3 is 11.6 Å². The van der Waals surface area contributed by atoms with Gasteiger partial charge in [-0.1, -0.05) is 0 Å². The zero-order valence-electron chi connectivity index (χ0n) is 13.1. The molecule has 6 rings (SSSR count). The summed E-state index contributed by atoms with van der Waals surface area (Å²) in [4.78, 5) is 24.5. The van der Waals surface area contributed by atoms with Crippen LogP contribution in [0.25, 0.3) is 11.0 Å². The van der Waals surface area contributed by atoms with Crippen molar-refractivity contribution >= 4 is 16.9 Å². The maximum Gasteiger partial charge on any atom is 0.351 e. The molecule has 25 heavy (non-hydrogen) atoms. The van der Waals surface area contributed by atoms with E-state index in [9.17, 15) is 9.59 Å². The number of rotatable bonds is 1. The molecule has 0 bridgehead atoms. The highest BCUT2D eigenvalue weighted by molar-refractivity contribution is 6.01. The summed E-state index contributed by atoms with van der Waals surface area (Å²) in [6, 6.07) is 1.75. The monoisotopic (exact) mass is 344 g/mol. The average Bonchev–Trinajstić information content (AvgIpc) is 3.11. The third kappa shape index (κ3) is 1.58. The summed E-state index contributed by atoms with van der Waals surface area (Å²) in [6.07, 6.45) is -0.402. The molecule has 1 aromatic carbocycles. The van der Waals surface area contributed by atoms with Crippen LogP contribution in [-0.2, 0) is 20.6 Å². The average molecular weight is 344 g/mol. The van der Waals surface area contributed by atoms with Crippen LogP contribution in [0.1, 0.15) is 27.4 Å². The van der Waals surface area contributed by atoms with Gasteiger partial charge in [-0.15, -0.1) is 0 Å². The minimum atomic E-state index is -0.710. The molecule has 4 aliphatic heterocycles. The van der Waals surface area contributed by atoms with E-state index in [1.165, 1.54) is 7.11 Å². The maximum atomic E-state index is 12.5. The van der Waals surface area contributed by atoms with Crippen LogP contribution in [0.15, 0.2) is 15.3 Å². The van der Waals surface area contributed by atoms with Gasteiger partial charge in [0.25, 0.3) is 0 Å². The van der Waals surface area contributed by atoms with E-state index in [4.69, 9.17) is 28.1 Å². The highest BCUT2D eigenvalue weighted by Gasteiger charge is 2.63. The van der Waals surface area contributed by atoms with Gasteiger partial charge in [-0.25, -0.2) is 9.59 Å². The van der Waals surface area contributed by atoms with E-state index in [0.717, 1.165) is 5.56 Å². The molecule has 2 fully saturated rings. The fourth-order valence-corrected chi connectivity index (χ4v) is 4.13. The predicted molar refractivity (Wildman–Crippen MR) is 79.9 cm³/mol. The molecule has 1 unspecified atom stereocenters. The molecule has 0 N–H and O–H groups in total. The molecule has 0 aliphatic carbocycles. The van der Waals surface area contributed by atoms with Crippen molar-refractivity contribution in [2.75, 3.05) is 13.7 Å². The molecule has 2 aromatic rings. The van der Waals surface area contributed by atoms with E-state index in [1.54, 1.807) is 6.07 Å². The van der Waals surface area contributed by atoms with Crippen LogP contribution in [0.2, 0.25) is 0 Å². The second-order valence-corrected chi connectivity index (χ2v) is 6.44. The molecule has 5 heterocycles. The quantitative estimate of drug-likeness (QED) is 0.431. The summed E-state index contributed by atoms with van der Waals surface area (Å²) >= 11 is 0. The summed E-state index contributed by atoms with van der Waals surface area (Å²) in [6.45, 7) is 0.212. The zero-order valence-corrected chi connectivity index (χ0v) is 13.1. The first-order chi connectivity index (χ1) is 12.2. The fraction of sp³-hybridized carbons (Fsp3) is 0.412. The Hall–Kier alpha value is -2.58. The van der Waals surface area contributed by atoms with Gasteiger partial charge in [-0.3, -0.25) is 0 Å². The number of fused-ring (bicyclic) bond motifs is 9. The number of carbonyl (C=O) groups is 1. The Balaban J connectivity index is 1.73. The van der Waals surface area contributed by atoms with E-state index in [-0.39, 0.29) is 30.5 Å². The van der Waals surface area contributed by atoms with Crippen molar-refractivity contribution in [3.8, 4) is 11.5 Å². The summed E-state index contributed by atoms with van der Waals surface area (Å²) in [5.74, 6) is 0.208. The number of ether oxygens (including phenoxy) is 5. The minimum absolute atomic E-state index is 0.0596. The Morgan fingerprint density at radius 3 is 2.92 bits per heavy atom. The second-order valence-electron chi connectivity index (χ2n) is 6.44. The lowest BCUT2D eigenvalue weighted by Gasteiger charge is -2.19. The second kappa shape index (κ2) is 4.33. The first-order valence-electron chi connectivity index (χ1n) is 8.02. The van der Waals surface area contributed by atoms with E-state index in [1.807, 2.05) is 0 Å². The number of hydrogen-bond acceptors (Lipinski definition) is 8. The molecule has 0 saturated carbocycles. The van der Waals surface area contributed by atoms with Crippen LogP contribution in [-0.4, -0.2) is 38.4 Å². The van der Waals surface area contributed by atoms with Gasteiger partial charge in [0.05, 0.1) is 30.6 Å². The Labute approximate surface area is 140 Å². The summed E-state index contributed by atoms with van der Waals surface area (Å²) in [5, 5.41) is 0.612. The highest BCUT2D eigenvalue weighted by atomic mass is 16.8. The fourth-order valence-electron chi connectivity index (χ4n) is 4.13. The molecule has 1 aromatic heterocycles. The van der Waals surface area contributed by atoms with Crippen LogP contribution in [0, 0.1) is 0 Å². The van der Waals surface area contributed by atoms with Crippen LogP contribution in [0.5, 0.6) is 11.5 Å². The van der Waals surface area contributed by atoms with Crippen LogP contribution < -0.4 is 15.1 Å². The first kappa shape index (κ1) is 13.7. The third-order valence-electron chi connectivity index (χ3n) is 5.23. The molecular formula is C17H12O8. The number of hydrogen-bond donors (Lipinski definition) is 0. The van der Waals surface area contributed by atoms with Gasteiger partial charge in [0.15, 0.2) is 6.29 Å².